The molecule has 3 N–H and O–H groups in total. The number of carboxylic acid groups (broad SMARTS) is 1. The summed E-state index contributed by atoms with van der Waals surface area (Å²) in [5, 5.41) is 10.7. The summed E-state index contributed by atoms with van der Waals surface area (Å²) in [6.45, 7) is 2.69. The molecule has 0 aliphatic carbocycles. The van der Waals surface area contributed by atoms with Crippen LogP contribution in [0.2, 0.25) is 0 Å². The average molecular weight is 284 g/mol. The Labute approximate surface area is 115 Å². The van der Waals surface area contributed by atoms with E-state index in [1.165, 1.54) is 6.07 Å². The van der Waals surface area contributed by atoms with Gasteiger partial charge < -0.3 is 15.4 Å². The lowest BCUT2D eigenvalue weighted by Gasteiger charge is -2.11. The lowest BCUT2D eigenvalue weighted by atomic mass is 10.1. The maximum Gasteiger partial charge on any atom is 0.328 e. The van der Waals surface area contributed by atoms with Crippen LogP contribution in [0.1, 0.15) is 29.9 Å². The van der Waals surface area contributed by atoms with Gasteiger partial charge in [0.05, 0.1) is 0 Å². The van der Waals surface area contributed by atoms with E-state index >= 15 is 0 Å². The van der Waals surface area contributed by atoms with E-state index in [1.807, 2.05) is 19.2 Å². The van der Waals surface area contributed by atoms with E-state index in [2.05, 4.69) is 4.98 Å². The smallest absolute Gasteiger partial charge is 0.328 e. The van der Waals surface area contributed by atoms with Gasteiger partial charge in [-0.3, -0.25) is 9.59 Å². The number of carbonyl (C=O) groups is 2. The van der Waals surface area contributed by atoms with E-state index in [9.17, 15) is 18.8 Å². The van der Waals surface area contributed by atoms with Gasteiger partial charge in [-0.15, -0.1) is 0 Å². The van der Waals surface area contributed by atoms with Gasteiger partial charge in [-0.05, 0) is 18.4 Å². The Morgan fingerprint density at radius 2 is 2.05 bits per heavy atom. The number of rotatable bonds is 6. The highest BCUT2D eigenvalue weighted by molar-refractivity contribution is 5.96. The number of alkyl halides is 1. The molecule has 0 saturated heterocycles. The molecule has 6 nitrogen and oxygen atoms in total. The number of H-pyrrole nitrogens is 1. The molecule has 0 bridgehead atoms. The Bertz CT molecular complexity index is 554. The van der Waals surface area contributed by atoms with Gasteiger partial charge in [0.1, 0.15) is 6.67 Å². The third kappa shape index (κ3) is 4.49. The lowest BCUT2D eigenvalue weighted by molar-refractivity contribution is -0.139. The van der Waals surface area contributed by atoms with Crippen molar-refractivity contribution in [2.24, 2.45) is 5.92 Å². The average Bonchev–Trinajstić information content (AvgIpc) is 2.33. The van der Waals surface area contributed by atoms with E-state index in [4.69, 9.17) is 5.11 Å². The third-order valence-corrected chi connectivity index (χ3v) is 2.55. The fraction of sp³-hybridized carbons (Fsp3) is 0.462. The highest BCUT2D eigenvalue weighted by Crippen LogP contribution is 2.06. The van der Waals surface area contributed by atoms with E-state index < -0.39 is 30.2 Å². The summed E-state index contributed by atoms with van der Waals surface area (Å²) in [7, 11) is 0. The van der Waals surface area contributed by atoms with Crippen molar-refractivity contribution in [2.45, 2.75) is 26.3 Å². The van der Waals surface area contributed by atoms with Gasteiger partial charge in [-0.25, -0.2) is 9.18 Å². The number of halogens is 1. The molecule has 1 atom stereocenters. The second-order valence-electron chi connectivity index (χ2n) is 4.88. The first kappa shape index (κ1) is 15.9. The van der Waals surface area contributed by atoms with Crippen molar-refractivity contribution >= 4 is 11.9 Å². The van der Waals surface area contributed by atoms with Crippen molar-refractivity contribution < 1.29 is 19.1 Å². The second kappa shape index (κ2) is 6.83. The zero-order valence-corrected chi connectivity index (χ0v) is 11.3. The summed E-state index contributed by atoms with van der Waals surface area (Å²) in [6.07, 6.45) is 0.571. The summed E-state index contributed by atoms with van der Waals surface area (Å²) >= 11 is 0. The van der Waals surface area contributed by atoms with Crippen LogP contribution in [-0.4, -0.2) is 34.7 Å². The van der Waals surface area contributed by atoms with E-state index in [0.29, 0.717) is 12.1 Å². The summed E-state index contributed by atoms with van der Waals surface area (Å²) in [5.74, 6) is -1.97. The normalized spacial score (nSPS) is 12.2. The maximum absolute atomic E-state index is 12.5. The first-order chi connectivity index (χ1) is 9.33. The number of carboxylic acids is 1. The molecule has 0 aliphatic heterocycles. The fourth-order valence-corrected chi connectivity index (χ4v) is 1.69. The molecule has 0 radical (unpaired) electrons. The Morgan fingerprint density at radius 1 is 1.40 bits per heavy atom. The van der Waals surface area contributed by atoms with Crippen LogP contribution in [0.4, 0.5) is 4.39 Å². The van der Waals surface area contributed by atoms with Crippen molar-refractivity contribution in [1.29, 1.82) is 0 Å². The van der Waals surface area contributed by atoms with Crippen molar-refractivity contribution in [3.63, 3.8) is 0 Å². The zero-order valence-electron chi connectivity index (χ0n) is 11.3. The first-order valence-electron chi connectivity index (χ1n) is 6.16. The van der Waals surface area contributed by atoms with Gasteiger partial charge >= 0.3 is 5.97 Å². The quantitative estimate of drug-likeness (QED) is 0.717. The molecule has 110 valence electrons. The number of pyridine rings is 1. The molecule has 0 saturated carbocycles. The summed E-state index contributed by atoms with van der Waals surface area (Å²) in [4.78, 5) is 36.5. The number of aliphatic carboxylic acids is 1. The van der Waals surface area contributed by atoms with E-state index in [1.54, 1.807) is 0 Å². The number of hydrogen-bond donors (Lipinski definition) is 3. The lowest BCUT2D eigenvalue weighted by Crippen LogP contribution is -2.42. The van der Waals surface area contributed by atoms with Gasteiger partial charge in [0.25, 0.3) is 5.91 Å². The number of carbonyl (C=O) groups excluding carboxylic acids is 1. The molecule has 1 rings (SSSR count). The van der Waals surface area contributed by atoms with Gasteiger partial charge in [0.15, 0.2) is 6.04 Å². The van der Waals surface area contributed by atoms with Crippen molar-refractivity contribution in [3.05, 3.63) is 33.7 Å². The molecule has 1 aromatic heterocycles. The van der Waals surface area contributed by atoms with Gasteiger partial charge in [-0.2, -0.15) is 0 Å². The summed E-state index contributed by atoms with van der Waals surface area (Å²) < 4.78 is 12.5. The number of aromatic amines is 1. The molecule has 7 heteroatoms. The van der Waals surface area contributed by atoms with Crippen LogP contribution in [0.3, 0.4) is 0 Å². The topological polar surface area (TPSA) is 99.3 Å². The standard InChI is InChI=1S/C13H17FN2O4/c1-7(2)3-9-4-8(5-11(17)15-9)12(18)16-10(6-14)13(19)20/h4-5,7,10H,3,6H2,1-2H3,(H,15,17)(H,16,18)(H,19,20). The molecule has 0 spiro atoms. The minimum atomic E-state index is -1.62. The van der Waals surface area contributed by atoms with Crippen LogP contribution < -0.4 is 10.9 Å². The van der Waals surface area contributed by atoms with Gasteiger partial charge in [-0.1, -0.05) is 13.8 Å². The minimum Gasteiger partial charge on any atom is -0.480 e. The third-order valence-electron chi connectivity index (χ3n) is 2.55. The molecule has 0 aromatic carbocycles. The number of hydrogen-bond acceptors (Lipinski definition) is 3. The summed E-state index contributed by atoms with van der Waals surface area (Å²) in [6, 6.07) is 0.903. The minimum absolute atomic E-state index is 0.0177. The highest BCUT2D eigenvalue weighted by Gasteiger charge is 2.20. The molecule has 20 heavy (non-hydrogen) atoms. The number of aromatic nitrogens is 1. The molecule has 1 amide bonds. The van der Waals surface area contributed by atoms with Crippen LogP contribution in [0.15, 0.2) is 16.9 Å². The predicted octanol–water partition coefficient (Wildman–Crippen LogP) is 0.726. The highest BCUT2D eigenvalue weighted by atomic mass is 19.1. The Balaban J connectivity index is 2.95. The number of amides is 1. The zero-order chi connectivity index (χ0) is 15.3. The van der Waals surface area contributed by atoms with Crippen molar-refractivity contribution in [3.8, 4) is 0 Å². The van der Waals surface area contributed by atoms with Crippen molar-refractivity contribution in [1.82, 2.24) is 10.3 Å². The molecule has 0 aliphatic rings. The SMILES string of the molecule is CC(C)Cc1cc(C(=O)NC(CF)C(=O)O)cc(=O)[nH]1. The van der Waals surface area contributed by atoms with Gasteiger partial charge in [0.2, 0.25) is 5.56 Å². The first-order valence-corrected chi connectivity index (χ1v) is 6.16. The molecular weight excluding hydrogens is 267 g/mol. The Hall–Kier alpha value is -2.18. The Kier molecular flexibility index (Phi) is 5.42. The fourth-order valence-electron chi connectivity index (χ4n) is 1.69. The van der Waals surface area contributed by atoms with Crippen LogP contribution in [0.25, 0.3) is 0 Å². The number of nitrogens with one attached hydrogen (secondary N) is 2. The second-order valence-corrected chi connectivity index (χ2v) is 4.88. The van der Waals surface area contributed by atoms with E-state index in [-0.39, 0.29) is 11.5 Å². The molecule has 0 fully saturated rings. The van der Waals surface area contributed by atoms with Crippen molar-refractivity contribution in [2.75, 3.05) is 6.67 Å². The van der Waals surface area contributed by atoms with Crippen LogP contribution in [0.5, 0.6) is 0 Å². The molecular formula is C13H17FN2O4. The largest absolute Gasteiger partial charge is 0.480 e. The van der Waals surface area contributed by atoms with Crippen LogP contribution >= 0.6 is 0 Å². The van der Waals surface area contributed by atoms with Crippen LogP contribution in [0, 0.1) is 5.92 Å². The monoisotopic (exact) mass is 284 g/mol. The molecule has 1 aromatic rings. The summed E-state index contributed by atoms with van der Waals surface area (Å²) in [5.41, 5.74) is 0.134. The van der Waals surface area contributed by atoms with E-state index in [0.717, 1.165) is 6.07 Å². The maximum atomic E-state index is 12.5. The Morgan fingerprint density at radius 3 is 2.55 bits per heavy atom. The van der Waals surface area contributed by atoms with Crippen LogP contribution in [-0.2, 0) is 11.2 Å². The molecule has 1 unspecified atom stereocenters. The predicted molar refractivity (Wildman–Crippen MR) is 70.5 cm³/mol. The molecule has 1 heterocycles. The van der Waals surface area contributed by atoms with Gasteiger partial charge in [0, 0.05) is 17.3 Å².